The molecule has 0 N–H and O–H groups in total. The zero-order chi connectivity index (χ0) is 17.1. The summed E-state index contributed by atoms with van der Waals surface area (Å²) in [7, 11) is 0. The number of anilines is 1. The van der Waals surface area contributed by atoms with Crippen molar-refractivity contribution in [2.24, 2.45) is 5.92 Å². The highest BCUT2D eigenvalue weighted by molar-refractivity contribution is 5.95. The number of nitrogens with zero attached hydrogens (tertiary/aromatic N) is 2. The molecule has 0 radical (unpaired) electrons. The third-order valence-corrected chi connectivity index (χ3v) is 5.35. The Morgan fingerprint density at radius 1 is 1.16 bits per heavy atom. The molecule has 0 aromatic carbocycles. The smallest absolute Gasteiger partial charge is 0.253 e. The van der Waals surface area contributed by atoms with E-state index >= 15 is 0 Å². The van der Waals surface area contributed by atoms with Gasteiger partial charge in [0.15, 0.2) is 0 Å². The topological polar surface area (TPSA) is 64.4 Å². The molecule has 3 saturated heterocycles. The minimum atomic E-state index is -0.479. The molecule has 0 bridgehead atoms. The maximum Gasteiger partial charge on any atom is 0.253 e. The van der Waals surface area contributed by atoms with E-state index in [0.717, 1.165) is 51.4 Å². The number of carbonyl (C=O) groups is 1. The molecule has 1 spiro atoms. The van der Waals surface area contributed by atoms with Gasteiger partial charge in [-0.25, -0.2) is 0 Å². The van der Waals surface area contributed by atoms with Crippen molar-refractivity contribution in [1.29, 1.82) is 0 Å². The monoisotopic (exact) mass is 350 g/mol. The van der Waals surface area contributed by atoms with Crippen LogP contribution < -0.4 is 4.90 Å². The van der Waals surface area contributed by atoms with Crippen LogP contribution in [0.25, 0.3) is 0 Å². The molecule has 0 aliphatic carbocycles. The average molecular weight is 350 g/mol. The maximum atomic E-state index is 12.3. The summed E-state index contributed by atoms with van der Waals surface area (Å²) in [5, 5.41) is 0. The summed E-state index contributed by atoms with van der Waals surface area (Å²) in [5.74, 6) is 0.631. The summed E-state index contributed by atoms with van der Waals surface area (Å²) >= 11 is 0. The van der Waals surface area contributed by atoms with Crippen molar-refractivity contribution in [3.05, 3.63) is 18.6 Å². The lowest BCUT2D eigenvalue weighted by atomic mass is 9.97. The van der Waals surface area contributed by atoms with Gasteiger partial charge in [-0.1, -0.05) is 0 Å². The van der Waals surface area contributed by atoms with Crippen LogP contribution >= 0.6 is 0 Å². The third kappa shape index (κ3) is 3.89. The fourth-order valence-corrected chi connectivity index (χ4v) is 3.98. The number of hydrogen-bond donors (Lipinski definition) is 0. The number of furan rings is 1. The van der Waals surface area contributed by atoms with Crippen LogP contribution in [0.1, 0.15) is 12.8 Å². The largest absolute Gasteiger partial charge is 0.470 e. The Hall–Kier alpha value is -1.41. The lowest BCUT2D eigenvalue weighted by molar-refractivity contribution is -0.146. The molecule has 1 aromatic rings. The van der Waals surface area contributed by atoms with Gasteiger partial charge in [0, 0.05) is 38.9 Å². The maximum absolute atomic E-state index is 12.3. The summed E-state index contributed by atoms with van der Waals surface area (Å²) in [6, 6.07) is 1.81. The number of carbonyl (C=O) groups excluding carboxylic acids is 1. The molecule has 1 aromatic heterocycles. The molecule has 7 heteroatoms. The van der Waals surface area contributed by atoms with E-state index in [9.17, 15) is 4.79 Å². The number of rotatable bonds is 3. The minimum Gasteiger partial charge on any atom is -0.470 e. The number of morpholine rings is 1. The summed E-state index contributed by atoms with van der Waals surface area (Å²) in [6.45, 7) is 6.24. The van der Waals surface area contributed by atoms with Gasteiger partial charge < -0.3 is 23.5 Å². The Kier molecular flexibility index (Phi) is 5.08. The first-order valence-electron chi connectivity index (χ1n) is 9.08. The van der Waals surface area contributed by atoms with Crippen LogP contribution in [0, 0.1) is 5.92 Å². The van der Waals surface area contributed by atoms with Crippen LogP contribution in [0.2, 0.25) is 0 Å². The second-order valence-electron chi connectivity index (χ2n) is 7.28. The van der Waals surface area contributed by atoms with Gasteiger partial charge in [0.1, 0.15) is 18.5 Å². The van der Waals surface area contributed by atoms with E-state index in [0.29, 0.717) is 25.7 Å². The van der Waals surface area contributed by atoms with E-state index < -0.39 is 5.60 Å². The molecule has 138 valence electrons. The Balaban J connectivity index is 1.46. The van der Waals surface area contributed by atoms with Crippen LogP contribution in [-0.4, -0.2) is 75.6 Å². The average Bonchev–Trinajstić information content (AvgIpc) is 3.09. The molecule has 0 saturated carbocycles. The Morgan fingerprint density at radius 3 is 2.84 bits per heavy atom. The molecule has 0 unspecified atom stereocenters. The molecular weight excluding hydrogens is 324 g/mol. The Labute approximate surface area is 147 Å². The fraction of sp³-hybridized carbons (Fsp3) is 0.722. The third-order valence-electron chi connectivity index (χ3n) is 5.35. The van der Waals surface area contributed by atoms with E-state index in [2.05, 4.69) is 4.90 Å². The van der Waals surface area contributed by atoms with Crippen molar-refractivity contribution < 1.29 is 23.4 Å². The number of amides is 1. The molecule has 1 amide bonds. The molecule has 25 heavy (non-hydrogen) atoms. The standard InChI is InChI=1S/C18H26N2O5/c21-17-11-25-18(13-20(17)16-3-7-23-10-16)12-19(4-8-24-14-18)9-15-1-5-22-6-2-15/h3,7,10,15H,1-2,4-6,8-9,11-14H2/t18-/m1/s1. The first-order valence-corrected chi connectivity index (χ1v) is 9.08. The molecule has 3 fully saturated rings. The molecular formula is C18H26N2O5. The molecule has 1 atom stereocenters. The minimum absolute atomic E-state index is 0.0350. The lowest BCUT2D eigenvalue weighted by Crippen LogP contribution is -2.61. The van der Waals surface area contributed by atoms with E-state index in [4.69, 9.17) is 18.6 Å². The fourth-order valence-electron chi connectivity index (χ4n) is 3.98. The Morgan fingerprint density at radius 2 is 2.04 bits per heavy atom. The van der Waals surface area contributed by atoms with Crippen LogP contribution in [0.5, 0.6) is 0 Å². The second kappa shape index (κ2) is 7.45. The summed E-state index contributed by atoms with van der Waals surface area (Å²) in [4.78, 5) is 16.5. The van der Waals surface area contributed by atoms with Crippen LogP contribution in [0.15, 0.2) is 23.0 Å². The molecule has 7 nitrogen and oxygen atoms in total. The highest BCUT2D eigenvalue weighted by atomic mass is 16.6. The van der Waals surface area contributed by atoms with E-state index in [1.54, 1.807) is 17.4 Å². The van der Waals surface area contributed by atoms with Gasteiger partial charge in [-0.3, -0.25) is 9.69 Å². The SMILES string of the molecule is O=C1CO[C@@]2(COCCN(CC3CCOCC3)C2)CN1c1ccoc1. The first-order chi connectivity index (χ1) is 12.2. The quantitative estimate of drug-likeness (QED) is 0.815. The zero-order valence-electron chi connectivity index (χ0n) is 14.5. The molecule has 3 aliphatic heterocycles. The van der Waals surface area contributed by atoms with Crippen molar-refractivity contribution >= 4 is 11.6 Å². The molecule has 4 heterocycles. The van der Waals surface area contributed by atoms with Gasteiger partial charge in [0.05, 0.1) is 31.7 Å². The first kappa shape index (κ1) is 17.0. The zero-order valence-corrected chi connectivity index (χ0v) is 14.5. The highest BCUT2D eigenvalue weighted by Gasteiger charge is 2.43. The van der Waals surface area contributed by atoms with Crippen molar-refractivity contribution in [3.63, 3.8) is 0 Å². The lowest BCUT2D eigenvalue weighted by Gasteiger charge is -2.43. The highest BCUT2D eigenvalue weighted by Crippen LogP contribution is 2.28. The predicted molar refractivity (Wildman–Crippen MR) is 90.5 cm³/mol. The van der Waals surface area contributed by atoms with E-state index in [-0.39, 0.29) is 12.5 Å². The van der Waals surface area contributed by atoms with Crippen molar-refractivity contribution in [2.45, 2.75) is 18.4 Å². The van der Waals surface area contributed by atoms with Gasteiger partial charge >= 0.3 is 0 Å². The summed E-state index contributed by atoms with van der Waals surface area (Å²) in [5.41, 5.74) is 0.306. The number of ether oxygens (including phenoxy) is 3. The van der Waals surface area contributed by atoms with Crippen LogP contribution in [0.3, 0.4) is 0 Å². The Bertz CT molecular complexity index is 572. The second-order valence-corrected chi connectivity index (χ2v) is 7.28. The van der Waals surface area contributed by atoms with Gasteiger partial charge in [-0.15, -0.1) is 0 Å². The normalized spacial score (nSPS) is 29.9. The number of hydrogen-bond acceptors (Lipinski definition) is 6. The van der Waals surface area contributed by atoms with Gasteiger partial charge in [-0.05, 0) is 18.8 Å². The predicted octanol–water partition coefficient (Wildman–Crippen LogP) is 1.14. The molecule has 4 rings (SSSR count). The van der Waals surface area contributed by atoms with Gasteiger partial charge in [0.25, 0.3) is 5.91 Å². The van der Waals surface area contributed by atoms with Gasteiger partial charge in [0.2, 0.25) is 0 Å². The molecule has 3 aliphatic rings. The van der Waals surface area contributed by atoms with Gasteiger partial charge in [-0.2, -0.15) is 0 Å². The van der Waals surface area contributed by atoms with Crippen LogP contribution in [0.4, 0.5) is 5.69 Å². The van der Waals surface area contributed by atoms with Crippen molar-refractivity contribution in [3.8, 4) is 0 Å². The van der Waals surface area contributed by atoms with Crippen molar-refractivity contribution in [2.75, 3.05) is 64.1 Å². The summed E-state index contributed by atoms with van der Waals surface area (Å²) in [6.07, 6.45) is 5.43. The van der Waals surface area contributed by atoms with Crippen LogP contribution in [-0.2, 0) is 19.0 Å². The van der Waals surface area contributed by atoms with E-state index in [1.807, 2.05) is 6.07 Å². The van der Waals surface area contributed by atoms with Crippen molar-refractivity contribution in [1.82, 2.24) is 4.90 Å². The van der Waals surface area contributed by atoms with E-state index in [1.165, 1.54) is 0 Å². The summed E-state index contributed by atoms with van der Waals surface area (Å²) < 4.78 is 22.5.